The molecule has 2 aromatic heterocycles. The number of aryl methyl sites for hydroxylation is 2. The third-order valence-electron chi connectivity index (χ3n) is 3.56. The highest BCUT2D eigenvalue weighted by Gasteiger charge is 2.09. The maximum absolute atomic E-state index is 5.57. The van der Waals surface area contributed by atoms with Gasteiger partial charge < -0.3 is 14.3 Å². The molecule has 4 heteroatoms. The van der Waals surface area contributed by atoms with E-state index in [1.165, 1.54) is 5.52 Å². The molecule has 2 heterocycles. The Morgan fingerprint density at radius 1 is 1.14 bits per heavy atom. The van der Waals surface area contributed by atoms with Crippen molar-refractivity contribution >= 4 is 11.0 Å². The normalized spacial score (nSPS) is 11.3. The van der Waals surface area contributed by atoms with Crippen LogP contribution in [-0.2, 0) is 19.6 Å². The molecule has 0 unspecified atom stereocenters. The molecule has 110 valence electrons. The average molecular weight is 283 g/mol. The molecule has 0 saturated carbocycles. The van der Waals surface area contributed by atoms with Crippen LogP contribution in [0.25, 0.3) is 11.0 Å². The summed E-state index contributed by atoms with van der Waals surface area (Å²) in [4.78, 5) is 4.74. The van der Waals surface area contributed by atoms with E-state index in [2.05, 4.69) is 35.0 Å². The maximum Gasteiger partial charge on any atom is 0.123 e. The van der Waals surface area contributed by atoms with E-state index in [0.717, 1.165) is 48.9 Å². The lowest BCUT2D eigenvalue weighted by Gasteiger charge is -2.08. The van der Waals surface area contributed by atoms with Crippen LogP contribution in [0.1, 0.15) is 30.7 Å². The molecule has 3 aromatic rings. The first-order valence-electron chi connectivity index (χ1n) is 7.48. The molecule has 0 amide bonds. The van der Waals surface area contributed by atoms with Crippen molar-refractivity contribution in [1.82, 2.24) is 14.9 Å². The first-order valence-corrected chi connectivity index (χ1v) is 7.48. The van der Waals surface area contributed by atoms with E-state index >= 15 is 0 Å². The van der Waals surface area contributed by atoms with Gasteiger partial charge in [-0.15, -0.1) is 0 Å². The summed E-state index contributed by atoms with van der Waals surface area (Å²) < 4.78 is 7.87. The van der Waals surface area contributed by atoms with Crippen molar-refractivity contribution in [3.63, 3.8) is 0 Å². The fourth-order valence-electron chi connectivity index (χ4n) is 2.61. The lowest BCUT2D eigenvalue weighted by Crippen LogP contribution is -2.16. The predicted octanol–water partition coefficient (Wildman–Crippen LogP) is 3.64. The number of furan rings is 1. The van der Waals surface area contributed by atoms with Gasteiger partial charge in [0, 0.05) is 6.54 Å². The number of fused-ring (bicyclic) bond motifs is 1. The van der Waals surface area contributed by atoms with Crippen LogP contribution in [0, 0.1) is 6.92 Å². The first-order chi connectivity index (χ1) is 10.3. The molecular formula is C17H21N3O. The van der Waals surface area contributed by atoms with E-state index in [9.17, 15) is 0 Å². The molecular weight excluding hydrogens is 262 g/mol. The number of hydrogen-bond donors (Lipinski definition) is 1. The van der Waals surface area contributed by atoms with E-state index in [1.54, 1.807) is 0 Å². The molecule has 1 N–H and O–H groups in total. The van der Waals surface area contributed by atoms with Gasteiger partial charge in [0.15, 0.2) is 0 Å². The zero-order chi connectivity index (χ0) is 14.7. The van der Waals surface area contributed by atoms with Crippen molar-refractivity contribution in [2.75, 3.05) is 0 Å². The standard InChI is InChI=1S/C17H21N3O/c1-3-10-20-16-7-5-4-6-15(16)19-17(20)12-18-11-14-9-8-13(2)21-14/h4-9,18H,3,10-12H2,1-2H3. The van der Waals surface area contributed by atoms with E-state index in [4.69, 9.17) is 9.40 Å². The molecule has 1 aromatic carbocycles. The number of benzene rings is 1. The molecule has 0 aliphatic heterocycles. The molecule has 0 atom stereocenters. The van der Waals surface area contributed by atoms with Crippen molar-refractivity contribution in [2.45, 2.75) is 39.9 Å². The topological polar surface area (TPSA) is 43.0 Å². The van der Waals surface area contributed by atoms with Gasteiger partial charge in [0.25, 0.3) is 0 Å². The van der Waals surface area contributed by atoms with Gasteiger partial charge in [0.05, 0.1) is 24.1 Å². The summed E-state index contributed by atoms with van der Waals surface area (Å²) in [5.74, 6) is 3.00. The molecule has 0 fully saturated rings. The van der Waals surface area contributed by atoms with Crippen molar-refractivity contribution < 1.29 is 4.42 Å². The SMILES string of the molecule is CCCn1c(CNCc2ccc(C)o2)nc2ccccc21. The number of nitrogens with one attached hydrogen (secondary N) is 1. The Hall–Kier alpha value is -2.07. The van der Waals surface area contributed by atoms with Crippen LogP contribution in [0.5, 0.6) is 0 Å². The second kappa shape index (κ2) is 6.14. The maximum atomic E-state index is 5.57. The first kappa shape index (κ1) is 13.9. The van der Waals surface area contributed by atoms with Gasteiger partial charge in [-0.3, -0.25) is 0 Å². The van der Waals surface area contributed by atoms with Crippen LogP contribution in [0.4, 0.5) is 0 Å². The molecule has 0 bridgehead atoms. The third kappa shape index (κ3) is 3.00. The fraction of sp³-hybridized carbons (Fsp3) is 0.353. The Kier molecular flexibility index (Phi) is 4.06. The summed E-state index contributed by atoms with van der Waals surface area (Å²) in [6.07, 6.45) is 1.10. The monoisotopic (exact) mass is 283 g/mol. The predicted molar refractivity (Wildman–Crippen MR) is 84.0 cm³/mol. The summed E-state index contributed by atoms with van der Waals surface area (Å²) >= 11 is 0. The highest BCUT2D eigenvalue weighted by molar-refractivity contribution is 5.75. The molecule has 3 rings (SSSR count). The highest BCUT2D eigenvalue weighted by atomic mass is 16.3. The third-order valence-corrected chi connectivity index (χ3v) is 3.56. The Labute approximate surface area is 124 Å². The van der Waals surface area contributed by atoms with E-state index in [1.807, 2.05) is 25.1 Å². The van der Waals surface area contributed by atoms with Crippen LogP contribution in [-0.4, -0.2) is 9.55 Å². The number of nitrogens with zero attached hydrogens (tertiary/aromatic N) is 2. The summed E-state index contributed by atoms with van der Waals surface area (Å²) in [6.45, 7) is 6.62. The van der Waals surface area contributed by atoms with Gasteiger partial charge in [-0.2, -0.15) is 0 Å². The van der Waals surface area contributed by atoms with Gasteiger partial charge >= 0.3 is 0 Å². The zero-order valence-electron chi connectivity index (χ0n) is 12.6. The molecule has 0 spiro atoms. The summed E-state index contributed by atoms with van der Waals surface area (Å²) in [5, 5.41) is 3.41. The van der Waals surface area contributed by atoms with Crippen LogP contribution >= 0.6 is 0 Å². The van der Waals surface area contributed by atoms with Crippen molar-refractivity contribution in [3.8, 4) is 0 Å². The number of para-hydroxylation sites is 2. The number of aromatic nitrogens is 2. The van der Waals surface area contributed by atoms with Crippen LogP contribution in [0.2, 0.25) is 0 Å². The lowest BCUT2D eigenvalue weighted by atomic mass is 10.3. The Morgan fingerprint density at radius 2 is 2.00 bits per heavy atom. The largest absolute Gasteiger partial charge is 0.465 e. The van der Waals surface area contributed by atoms with E-state index in [-0.39, 0.29) is 0 Å². The quantitative estimate of drug-likeness (QED) is 0.751. The molecule has 21 heavy (non-hydrogen) atoms. The molecule has 0 aliphatic carbocycles. The zero-order valence-corrected chi connectivity index (χ0v) is 12.6. The van der Waals surface area contributed by atoms with Crippen LogP contribution in [0.3, 0.4) is 0 Å². The highest BCUT2D eigenvalue weighted by Crippen LogP contribution is 2.16. The minimum atomic E-state index is 0.725. The average Bonchev–Trinajstić information content (AvgIpc) is 3.04. The van der Waals surface area contributed by atoms with E-state index < -0.39 is 0 Å². The van der Waals surface area contributed by atoms with Gasteiger partial charge in [-0.25, -0.2) is 4.98 Å². The number of hydrogen-bond acceptors (Lipinski definition) is 3. The van der Waals surface area contributed by atoms with Gasteiger partial charge in [-0.05, 0) is 37.6 Å². The number of rotatable bonds is 6. The minimum Gasteiger partial charge on any atom is -0.465 e. The summed E-state index contributed by atoms with van der Waals surface area (Å²) in [5.41, 5.74) is 2.28. The smallest absolute Gasteiger partial charge is 0.123 e. The van der Waals surface area contributed by atoms with Gasteiger partial charge in [-0.1, -0.05) is 19.1 Å². The van der Waals surface area contributed by atoms with E-state index in [0.29, 0.717) is 0 Å². The second-order valence-electron chi connectivity index (χ2n) is 5.28. The Morgan fingerprint density at radius 3 is 2.76 bits per heavy atom. The van der Waals surface area contributed by atoms with Gasteiger partial charge in [0.2, 0.25) is 0 Å². The van der Waals surface area contributed by atoms with Gasteiger partial charge in [0.1, 0.15) is 17.3 Å². The lowest BCUT2D eigenvalue weighted by molar-refractivity contribution is 0.457. The Balaban J connectivity index is 1.74. The molecule has 4 nitrogen and oxygen atoms in total. The second-order valence-corrected chi connectivity index (χ2v) is 5.28. The molecule has 0 aliphatic rings. The van der Waals surface area contributed by atoms with Crippen LogP contribution < -0.4 is 5.32 Å². The van der Waals surface area contributed by atoms with Crippen molar-refractivity contribution in [3.05, 3.63) is 53.7 Å². The van der Waals surface area contributed by atoms with Crippen molar-refractivity contribution in [1.29, 1.82) is 0 Å². The minimum absolute atomic E-state index is 0.725. The van der Waals surface area contributed by atoms with Crippen LogP contribution in [0.15, 0.2) is 40.8 Å². The molecule has 0 saturated heterocycles. The molecule has 0 radical (unpaired) electrons. The Bertz CT molecular complexity index is 727. The summed E-state index contributed by atoms with van der Waals surface area (Å²) in [6, 6.07) is 12.3. The summed E-state index contributed by atoms with van der Waals surface area (Å²) in [7, 11) is 0. The fourth-order valence-corrected chi connectivity index (χ4v) is 2.61. The van der Waals surface area contributed by atoms with Crippen molar-refractivity contribution in [2.24, 2.45) is 0 Å². The number of imidazole rings is 1.